The van der Waals surface area contributed by atoms with Gasteiger partial charge in [-0.15, -0.1) is 0 Å². The number of methoxy groups -OCH3 is 1. The smallest absolute Gasteiger partial charge is 0.224 e. The maximum atomic E-state index is 12.0. The molecule has 2 aromatic carbocycles. The Kier molecular flexibility index (Phi) is 7.12. The number of hydrogen-bond acceptors (Lipinski definition) is 4. The highest BCUT2D eigenvalue weighted by Crippen LogP contribution is 2.44. The lowest BCUT2D eigenvalue weighted by molar-refractivity contribution is -0.115. The third kappa shape index (κ3) is 4.90. The van der Waals surface area contributed by atoms with E-state index in [1.165, 1.54) is 0 Å². The van der Waals surface area contributed by atoms with Gasteiger partial charge in [0, 0.05) is 47.0 Å². The summed E-state index contributed by atoms with van der Waals surface area (Å²) in [6.07, 6.45) is 4.17. The van der Waals surface area contributed by atoms with Crippen molar-refractivity contribution in [2.45, 2.75) is 25.4 Å². The first kappa shape index (κ1) is 24.8. The number of nitrogens with one attached hydrogen (secondary N) is 2. The number of carbonyl (C=O) groups is 1. The molecule has 2 atom stereocenters. The van der Waals surface area contributed by atoms with Gasteiger partial charge in [-0.2, -0.15) is 0 Å². The Morgan fingerprint density at radius 3 is 2.70 bits per heavy atom. The van der Waals surface area contributed by atoms with Crippen LogP contribution in [0.2, 0.25) is 5.02 Å². The van der Waals surface area contributed by atoms with Crippen molar-refractivity contribution in [2.75, 3.05) is 17.3 Å². The molecule has 0 saturated carbocycles. The van der Waals surface area contributed by atoms with Crippen LogP contribution >= 0.6 is 23.8 Å². The number of aromatic nitrogens is 2. The topological polar surface area (TPSA) is 71.4 Å². The van der Waals surface area contributed by atoms with Gasteiger partial charge in [-0.25, -0.2) is 0 Å². The highest BCUT2D eigenvalue weighted by molar-refractivity contribution is 7.80. The zero-order valence-electron chi connectivity index (χ0n) is 20.4. The highest BCUT2D eigenvalue weighted by Gasteiger charge is 2.42. The van der Waals surface area contributed by atoms with Gasteiger partial charge in [0.25, 0.3) is 0 Å². The number of carbonyl (C=O) groups excluding carboxylic acids is 1. The molecular weight excluding hydrogens is 506 g/mol. The van der Waals surface area contributed by atoms with Crippen LogP contribution in [0.15, 0.2) is 85.2 Å². The van der Waals surface area contributed by atoms with Crippen LogP contribution in [0.3, 0.4) is 0 Å². The Bertz CT molecular complexity index is 1440. The van der Waals surface area contributed by atoms with E-state index in [9.17, 15) is 4.79 Å². The van der Waals surface area contributed by atoms with Gasteiger partial charge in [0.05, 0.1) is 24.5 Å². The summed E-state index contributed by atoms with van der Waals surface area (Å²) in [5.41, 5.74) is 4.25. The molecule has 7 nitrogen and oxygen atoms in total. The quantitative estimate of drug-likeness (QED) is 0.282. The van der Waals surface area contributed by atoms with E-state index in [2.05, 4.69) is 31.2 Å². The maximum absolute atomic E-state index is 12.0. The number of ether oxygens (including phenoxy) is 1. The summed E-state index contributed by atoms with van der Waals surface area (Å²) >= 11 is 12.2. The Hall–Kier alpha value is -3.88. The molecule has 1 amide bonds. The van der Waals surface area contributed by atoms with E-state index in [0.29, 0.717) is 28.0 Å². The molecule has 5 rings (SSSR count). The lowest BCUT2D eigenvalue weighted by Gasteiger charge is -2.29. The Balaban J connectivity index is 1.63. The highest BCUT2D eigenvalue weighted by atomic mass is 35.5. The Morgan fingerprint density at radius 2 is 1.97 bits per heavy atom. The number of halogens is 1. The largest absolute Gasteiger partial charge is 0.494 e. The van der Waals surface area contributed by atoms with Gasteiger partial charge in [-0.05, 0) is 66.8 Å². The van der Waals surface area contributed by atoms with Gasteiger partial charge in [-0.1, -0.05) is 30.7 Å². The molecule has 1 aliphatic rings. The molecule has 37 heavy (non-hydrogen) atoms. The summed E-state index contributed by atoms with van der Waals surface area (Å²) in [5, 5.41) is 7.60. The second kappa shape index (κ2) is 10.6. The third-order valence-electron chi connectivity index (χ3n) is 6.33. The normalized spacial score (nSPS) is 16.9. The molecule has 188 valence electrons. The van der Waals surface area contributed by atoms with Crippen molar-refractivity contribution in [3.8, 4) is 11.4 Å². The van der Waals surface area contributed by atoms with E-state index in [1.807, 2.05) is 79.9 Å². The molecule has 9 heteroatoms. The number of rotatable bonds is 7. The average molecular weight is 532 g/mol. The van der Waals surface area contributed by atoms with Crippen molar-refractivity contribution >= 4 is 46.2 Å². The summed E-state index contributed by atoms with van der Waals surface area (Å²) in [6.45, 7) is 1.81. The van der Waals surface area contributed by atoms with E-state index < -0.39 is 0 Å². The van der Waals surface area contributed by atoms with Gasteiger partial charge in [0.15, 0.2) is 5.11 Å². The van der Waals surface area contributed by atoms with Crippen molar-refractivity contribution in [3.05, 3.63) is 102 Å². The number of nitrogens with zero attached hydrogens (tertiary/aromatic N) is 3. The van der Waals surface area contributed by atoms with Crippen molar-refractivity contribution in [1.29, 1.82) is 0 Å². The molecule has 3 heterocycles. The van der Waals surface area contributed by atoms with Gasteiger partial charge in [0.1, 0.15) is 11.8 Å². The van der Waals surface area contributed by atoms with Gasteiger partial charge in [-0.3, -0.25) is 9.78 Å². The minimum absolute atomic E-state index is 0.0862. The first-order valence-electron chi connectivity index (χ1n) is 11.9. The molecule has 0 spiro atoms. The predicted molar refractivity (Wildman–Crippen MR) is 151 cm³/mol. The van der Waals surface area contributed by atoms with Gasteiger partial charge in [0.2, 0.25) is 5.91 Å². The van der Waals surface area contributed by atoms with Crippen molar-refractivity contribution in [2.24, 2.45) is 0 Å². The molecule has 0 aliphatic carbocycles. The summed E-state index contributed by atoms with van der Waals surface area (Å²) in [5.74, 6) is 0.462. The van der Waals surface area contributed by atoms with Crippen LogP contribution in [0, 0.1) is 0 Å². The first-order chi connectivity index (χ1) is 18.0. The maximum Gasteiger partial charge on any atom is 0.224 e. The fourth-order valence-electron chi connectivity index (χ4n) is 4.60. The van der Waals surface area contributed by atoms with E-state index >= 15 is 0 Å². The number of hydrogen-bond donors (Lipinski definition) is 2. The van der Waals surface area contributed by atoms with Crippen molar-refractivity contribution < 1.29 is 9.53 Å². The third-order valence-corrected chi connectivity index (χ3v) is 6.88. The zero-order chi connectivity index (χ0) is 25.9. The predicted octanol–water partition coefficient (Wildman–Crippen LogP) is 6.06. The minimum atomic E-state index is -0.239. The second-order valence-electron chi connectivity index (χ2n) is 8.57. The lowest BCUT2D eigenvalue weighted by atomic mass is 10.0. The van der Waals surface area contributed by atoms with Gasteiger partial charge < -0.3 is 24.8 Å². The van der Waals surface area contributed by atoms with Crippen LogP contribution < -0.4 is 20.3 Å². The number of benzene rings is 2. The van der Waals surface area contributed by atoms with E-state index in [-0.39, 0.29) is 18.0 Å². The van der Waals surface area contributed by atoms with Crippen molar-refractivity contribution in [1.82, 2.24) is 14.9 Å². The number of pyridine rings is 1. The fraction of sp³-hybridized carbons (Fsp3) is 0.179. The van der Waals surface area contributed by atoms with Crippen LogP contribution in [-0.2, 0) is 4.79 Å². The average Bonchev–Trinajstić information content (AvgIpc) is 3.53. The Labute approximate surface area is 226 Å². The monoisotopic (exact) mass is 531 g/mol. The molecule has 2 unspecified atom stereocenters. The van der Waals surface area contributed by atoms with Crippen molar-refractivity contribution in [3.63, 3.8) is 0 Å². The Morgan fingerprint density at radius 1 is 1.11 bits per heavy atom. The molecule has 2 aromatic heterocycles. The van der Waals surface area contributed by atoms with Crippen LogP contribution in [0.1, 0.15) is 36.8 Å². The van der Waals surface area contributed by atoms with Crippen LogP contribution in [0.4, 0.5) is 11.4 Å². The molecule has 0 bridgehead atoms. The number of amides is 1. The standard InChI is InChI=1S/C28H26ClN5O2S/c1-3-25(35)31-21-13-12-20(17-24(21)36-2)34-27(26(32-28(34)37)22-10-4-5-14-30-22)23-11-7-15-33(23)19-9-6-8-18(29)16-19/h4-17,26-27H,3H2,1-2H3,(H,31,35)(H,32,37). The lowest BCUT2D eigenvalue weighted by Crippen LogP contribution is -2.30. The molecular formula is C28H26ClN5O2S. The summed E-state index contributed by atoms with van der Waals surface area (Å²) in [4.78, 5) is 18.7. The van der Waals surface area contributed by atoms with E-state index in [1.54, 1.807) is 13.3 Å². The fourth-order valence-corrected chi connectivity index (χ4v) is 5.13. The first-order valence-corrected chi connectivity index (χ1v) is 12.7. The summed E-state index contributed by atoms with van der Waals surface area (Å²) in [7, 11) is 1.58. The zero-order valence-corrected chi connectivity index (χ0v) is 22.0. The summed E-state index contributed by atoms with van der Waals surface area (Å²) in [6, 6.07) is 22.9. The van der Waals surface area contributed by atoms with E-state index in [0.717, 1.165) is 22.8 Å². The molecule has 4 aromatic rings. The molecule has 1 saturated heterocycles. The SMILES string of the molecule is CCC(=O)Nc1ccc(N2C(=S)NC(c3ccccn3)C2c2cccn2-c2cccc(Cl)c2)cc1OC. The van der Waals surface area contributed by atoms with Crippen LogP contribution in [0.5, 0.6) is 5.75 Å². The van der Waals surface area contributed by atoms with Gasteiger partial charge >= 0.3 is 0 Å². The molecule has 2 N–H and O–H groups in total. The van der Waals surface area contributed by atoms with Crippen LogP contribution in [0.25, 0.3) is 5.69 Å². The van der Waals surface area contributed by atoms with E-state index in [4.69, 9.17) is 28.6 Å². The van der Waals surface area contributed by atoms with Crippen LogP contribution in [-0.4, -0.2) is 27.7 Å². The molecule has 0 radical (unpaired) electrons. The number of thiocarbonyl (C=S) groups is 1. The minimum Gasteiger partial charge on any atom is -0.494 e. The summed E-state index contributed by atoms with van der Waals surface area (Å²) < 4.78 is 7.75. The molecule has 1 aliphatic heterocycles. The number of anilines is 2. The second-order valence-corrected chi connectivity index (χ2v) is 9.39. The molecule has 1 fully saturated rings.